The molecule has 3 N–H and O–H groups in total. The first-order valence-corrected chi connectivity index (χ1v) is 7.65. The highest BCUT2D eigenvalue weighted by atomic mass is 16.5. The van der Waals surface area contributed by atoms with Crippen molar-refractivity contribution in [1.29, 1.82) is 0 Å². The summed E-state index contributed by atoms with van der Waals surface area (Å²) in [6.45, 7) is 3.87. The van der Waals surface area contributed by atoms with Gasteiger partial charge in [-0.15, -0.1) is 0 Å². The van der Waals surface area contributed by atoms with Crippen molar-refractivity contribution >= 4 is 28.3 Å². The van der Waals surface area contributed by atoms with Gasteiger partial charge in [-0.2, -0.15) is 0 Å². The van der Waals surface area contributed by atoms with E-state index < -0.39 is 12.0 Å². The highest BCUT2D eigenvalue weighted by molar-refractivity contribution is 6.10. The quantitative estimate of drug-likeness (QED) is 0.657. The van der Waals surface area contributed by atoms with Crippen molar-refractivity contribution < 1.29 is 14.3 Å². The zero-order valence-electron chi connectivity index (χ0n) is 13.6. The van der Waals surface area contributed by atoms with Gasteiger partial charge in [0.15, 0.2) is 0 Å². The van der Waals surface area contributed by atoms with E-state index in [9.17, 15) is 9.59 Å². The Morgan fingerprint density at radius 3 is 2.43 bits per heavy atom. The molecule has 2 atom stereocenters. The summed E-state index contributed by atoms with van der Waals surface area (Å²) in [4.78, 5) is 24.6. The fourth-order valence-electron chi connectivity index (χ4n) is 2.54. The van der Waals surface area contributed by atoms with Crippen molar-refractivity contribution in [2.75, 3.05) is 12.8 Å². The molecule has 2 aromatic rings. The smallest absolute Gasteiger partial charge is 0.328 e. The van der Waals surface area contributed by atoms with E-state index in [1.54, 1.807) is 12.1 Å². The molecule has 1 unspecified atom stereocenters. The third kappa shape index (κ3) is 3.44. The van der Waals surface area contributed by atoms with E-state index in [1.807, 2.05) is 38.1 Å². The summed E-state index contributed by atoms with van der Waals surface area (Å²) in [5.74, 6) is -0.768. The lowest BCUT2D eigenvalue weighted by molar-refractivity contribution is -0.144. The minimum atomic E-state index is -0.672. The number of methoxy groups -OCH3 is 1. The number of carbonyl (C=O) groups is 2. The van der Waals surface area contributed by atoms with Crippen LogP contribution in [0.4, 0.5) is 5.69 Å². The van der Waals surface area contributed by atoms with E-state index in [1.165, 1.54) is 7.11 Å². The number of carbonyl (C=O) groups excluding carboxylic acids is 2. The van der Waals surface area contributed by atoms with Gasteiger partial charge in [0.2, 0.25) is 0 Å². The zero-order valence-corrected chi connectivity index (χ0v) is 13.6. The van der Waals surface area contributed by atoms with Gasteiger partial charge < -0.3 is 15.8 Å². The SMILES string of the molecule is CCC(C)[C@@H](NC(=O)c1ccc(N)c2ccccc12)C(=O)OC. The molecule has 0 aliphatic rings. The van der Waals surface area contributed by atoms with Crippen LogP contribution in [-0.2, 0) is 9.53 Å². The third-order valence-electron chi connectivity index (χ3n) is 4.16. The van der Waals surface area contributed by atoms with Crippen LogP contribution in [0.3, 0.4) is 0 Å². The van der Waals surface area contributed by atoms with E-state index in [-0.39, 0.29) is 11.8 Å². The van der Waals surface area contributed by atoms with E-state index >= 15 is 0 Å². The maximum absolute atomic E-state index is 12.7. The molecule has 0 saturated carbocycles. The van der Waals surface area contributed by atoms with Gasteiger partial charge in [-0.1, -0.05) is 44.5 Å². The number of nitrogens with one attached hydrogen (secondary N) is 1. The predicted octanol–water partition coefficient (Wildman–Crippen LogP) is 2.74. The molecule has 2 rings (SSSR count). The molecule has 0 aromatic heterocycles. The standard InChI is InChI=1S/C18H22N2O3/c1-4-11(2)16(18(22)23-3)20-17(21)14-9-10-15(19)13-8-6-5-7-12(13)14/h5-11,16H,4,19H2,1-3H3,(H,20,21)/t11?,16-/m1/s1. The summed E-state index contributed by atoms with van der Waals surface area (Å²) in [5, 5.41) is 4.37. The van der Waals surface area contributed by atoms with Gasteiger partial charge in [-0.25, -0.2) is 4.79 Å². The van der Waals surface area contributed by atoms with Crippen LogP contribution in [0, 0.1) is 5.92 Å². The first kappa shape index (κ1) is 16.8. The average Bonchev–Trinajstić information content (AvgIpc) is 2.58. The summed E-state index contributed by atoms with van der Waals surface area (Å²) < 4.78 is 4.81. The summed E-state index contributed by atoms with van der Waals surface area (Å²) in [5.41, 5.74) is 7.07. The maximum Gasteiger partial charge on any atom is 0.328 e. The molecule has 0 fully saturated rings. The van der Waals surface area contributed by atoms with E-state index in [0.29, 0.717) is 11.3 Å². The largest absolute Gasteiger partial charge is 0.467 e. The minimum Gasteiger partial charge on any atom is -0.467 e. The lowest BCUT2D eigenvalue weighted by Gasteiger charge is -2.22. The molecule has 0 bridgehead atoms. The van der Waals surface area contributed by atoms with Crippen molar-refractivity contribution in [3.05, 3.63) is 42.0 Å². The molecule has 0 saturated heterocycles. The van der Waals surface area contributed by atoms with Crippen molar-refractivity contribution in [2.45, 2.75) is 26.3 Å². The van der Waals surface area contributed by atoms with Gasteiger partial charge in [0.25, 0.3) is 5.91 Å². The first-order valence-electron chi connectivity index (χ1n) is 7.65. The van der Waals surface area contributed by atoms with Crippen LogP contribution in [-0.4, -0.2) is 25.0 Å². The Morgan fingerprint density at radius 2 is 1.83 bits per heavy atom. The highest BCUT2D eigenvalue weighted by Gasteiger charge is 2.27. The summed E-state index contributed by atoms with van der Waals surface area (Å²) in [6, 6.07) is 10.1. The Balaban J connectivity index is 2.37. The molecular weight excluding hydrogens is 292 g/mol. The van der Waals surface area contributed by atoms with Gasteiger partial charge >= 0.3 is 5.97 Å². The van der Waals surface area contributed by atoms with Crippen LogP contribution in [0.2, 0.25) is 0 Å². The number of esters is 1. The second kappa shape index (κ2) is 7.13. The summed E-state index contributed by atoms with van der Waals surface area (Å²) in [7, 11) is 1.32. The Labute approximate surface area is 135 Å². The molecular formula is C18H22N2O3. The second-order valence-corrected chi connectivity index (χ2v) is 5.61. The van der Waals surface area contributed by atoms with Gasteiger partial charge in [0.1, 0.15) is 6.04 Å². The van der Waals surface area contributed by atoms with Gasteiger partial charge in [-0.3, -0.25) is 4.79 Å². The van der Waals surface area contributed by atoms with Crippen LogP contribution in [0.5, 0.6) is 0 Å². The van der Waals surface area contributed by atoms with Gasteiger partial charge in [0, 0.05) is 16.6 Å². The predicted molar refractivity (Wildman–Crippen MR) is 91.1 cm³/mol. The van der Waals surface area contributed by atoms with Crippen LogP contribution < -0.4 is 11.1 Å². The number of fused-ring (bicyclic) bond motifs is 1. The van der Waals surface area contributed by atoms with E-state index in [4.69, 9.17) is 10.5 Å². The topological polar surface area (TPSA) is 81.4 Å². The number of amides is 1. The van der Waals surface area contributed by atoms with Crippen molar-refractivity contribution in [1.82, 2.24) is 5.32 Å². The van der Waals surface area contributed by atoms with E-state index in [0.717, 1.165) is 17.2 Å². The molecule has 0 spiro atoms. The van der Waals surface area contributed by atoms with Crippen LogP contribution in [0.1, 0.15) is 30.6 Å². The Kier molecular flexibility index (Phi) is 5.21. The van der Waals surface area contributed by atoms with Crippen molar-refractivity contribution in [2.24, 2.45) is 5.92 Å². The molecule has 5 heteroatoms. The number of anilines is 1. The van der Waals surface area contributed by atoms with Crippen molar-refractivity contribution in [3.8, 4) is 0 Å². The number of nitrogen functional groups attached to an aromatic ring is 1. The number of nitrogens with two attached hydrogens (primary N) is 1. The lowest BCUT2D eigenvalue weighted by atomic mass is 9.97. The maximum atomic E-state index is 12.7. The second-order valence-electron chi connectivity index (χ2n) is 5.61. The van der Waals surface area contributed by atoms with Crippen LogP contribution in [0.25, 0.3) is 10.8 Å². The number of benzene rings is 2. The van der Waals surface area contributed by atoms with E-state index in [2.05, 4.69) is 5.32 Å². The van der Waals surface area contributed by atoms with Crippen molar-refractivity contribution in [3.63, 3.8) is 0 Å². The first-order chi connectivity index (χ1) is 11.0. The number of ether oxygens (including phenoxy) is 1. The summed E-state index contributed by atoms with van der Waals surface area (Å²) >= 11 is 0. The van der Waals surface area contributed by atoms with Gasteiger partial charge in [-0.05, 0) is 23.4 Å². The van der Waals surface area contributed by atoms with Crippen LogP contribution in [0.15, 0.2) is 36.4 Å². The average molecular weight is 314 g/mol. The monoisotopic (exact) mass is 314 g/mol. The number of hydrogen-bond donors (Lipinski definition) is 2. The normalized spacial score (nSPS) is 13.3. The zero-order chi connectivity index (χ0) is 17.0. The molecule has 0 radical (unpaired) electrons. The van der Waals surface area contributed by atoms with Crippen LogP contribution >= 0.6 is 0 Å². The fraction of sp³-hybridized carbons (Fsp3) is 0.333. The number of hydrogen-bond acceptors (Lipinski definition) is 4. The fourth-order valence-corrected chi connectivity index (χ4v) is 2.54. The van der Waals surface area contributed by atoms with Gasteiger partial charge in [0.05, 0.1) is 7.11 Å². The summed E-state index contributed by atoms with van der Waals surface area (Å²) in [6.07, 6.45) is 0.753. The molecule has 122 valence electrons. The lowest BCUT2D eigenvalue weighted by Crippen LogP contribution is -2.45. The number of rotatable bonds is 5. The highest BCUT2D eigenvalue weighted by Crippen LogP contribution is 2.24. The Morgan fingerprint density at radius 1 is 1.17 bits per heavy atom. The Bertz CT molecular complexity index is 727. The molecule has 5 nitrogen and oxygen atoms in total. The molecule has 0 aliphatic heterocycles. The third-order valence-corrected chi connectivity index (χ3v) is 4.16. The molecule has 23 heavy (non-hydrogen) atoms. The molecule has 0 aliphatic carbocycles. The molecule has 1 amide bonds. The minimum absolute atomic E-state index is 0.0218. The molecule has 2 aromatic carbocycles. The Hall–Kier alpha value is -2.56. The molecule has 0 heterocycles.